The predicted octanol–water partition coefficient (Wildman–Crippen LogP) is 3.10. The number of esters is 1. The van der Waals surface area contributed by atoms with Crippen LogP contribution in [-0.4, -0.2) is 23.5 Å². The lowest BCUT2D eigenvalue weighted by atomic mass is 9.88. The van der Waals surface area contributed by atoms with Gasteiger partial charge in [-0.1, -0.05) is 13.8 Å². The average Bonchev–Trinajstić information content (AvgIpc) is 2.56. The molecule has 0 bridgehead atoms. The van der Waals surface area contributed by atoms with Crippen LogP contribution >= 0.6 is 0 Å². The van der Waals surface area contributed by atoms with Crippen LogP contribution in [-0.2, 0) is 9.53 Å². The van der Waals surface area contributed by atoms with Gasteiger partial charge < -0.3 is 13.9 Å². The quantitative estimate of drug-likeness (QED) is 0.628. The number of carbonyl (C=O) groups excluding carboxylic acids is 2. The molecule has 6 nitrogen and oxygen atoms in total. The number of benzene rings is 1. The van der Waals surface area contributed by atoms with Crippen LogP contribution in [0.5, 0.6) is 5.75 Å². The van der Waals surface area contributed by atoms with E-state index in [2.05, 4.69) is 0 Å². The van der Waals surface area contributed by atoms with E-state index < -0.39 is 29.1 Å². The number of rotatable bonds is 3. The average molecular weight is 344 g/mol. The van der Waals surface area contributed by atoms with Crippen molar-refractivity contribution < 1.29 is 23.5 Å². The summed E-state index contributed by atoms with van der Waals surface area (Å²) >= 11 is 0. The summed E-state index contributed by atoms with van der Waals surface area (Å²) in [5, 5.41) is 0.599. The zero-order valence-corrected chi connectivity index (χ0v) is 14.6. The van der Waals surface area contributed by atoms with Crippen molar-refractivity contribution in [3.05, 3.63) is 40.2 Å². The topological polar surface area (TPSA) is 82.8 Å². The molecule has 2 aromatic rings. The molecule has 2 atom stereocenters. The van der Waals surface area contributed by atoms with Gasteiger partial charge in [0, 0.05) is 11.5 Å². The highest BCUT2D eigenvalue weighted by molar-refractivity contribution is 6.12. The molecule has 1 aliphatic rings. The molecular formula is C19H20O6. The van der Waals surface area contributed by atoms with E-state index in [0.717, 1.165) is 0 Å². The lowest BCUT2D eigenvalue weighted by molar-refractivity contribution is -0.160. The first-order chi connectivity index (χ1) is 11.7. The summed E-state index contributed by atoms with van der Waals surface area (Å²) in [5.41, 5.74) is -1.31. The van der Waals surface area contributed by atoms with Gasteiger partial charge in [-0.15, -0.1) is 0 Å². The largest absolute Gasteiger partial charge is 0.483 e. The Labute approximate surface area is 144 Å². The van der Waals surface area contributed by atoms with Gasteiger partial charge in [-0.3, -0.25) is 9.59 Å². The Hall–Kier alpha value is -2.63. The van der Waals surface area contributed by atoms with Gasteiger partial charge in [0.15, 0.2) is 5.58 Å². The van der Waals surface area contributed by atoms with E-state index >= 15 is 0 Å². The zero-order chi connectivity index (χ0) is 18.4. The smallest absolute Gasteiger partial charge is 0.336 e. The molecule has 1 aliphatic heterocycles. The normalized spacial score (nSPS) is 19.8. The Morgan fingerprint density at radius 2 is 1.92 bits per heavy atom. The highest BCUT2D eigenvalue weighted by Gasteiger charge is 2.47. The van der Waals surface area contributed by atoms with Gasteiger partial charge in [-0.2, -0.15) is 0 Å². The summed E-state index contributed by atoms with van der Waals surface area (Å²) in [7, 11) is 0. The molecule has 2 heterocycles. The number of ketones is 1. The third-order valence-corrected chi connectivity index (χ3v) is 4.49. The van der Waals surface area contributed by atoms with Crippen LogP contribution in [0.2, 0.25) is 0 Å². The zero-order valence-electron chi connectivity index (χ0n) is 14.6. The molecule has 1 aromatic heterocycles. The number of fused-ring (bicyclic) bond motifs is 3. The summed E-state index contributed by atoms with van der Waals surface area (Å²) in [6.07, 6.45) is -0.507. The summed E-state index contributed by atoms with van der Waals surface area (Å²) < 4.78 is 16.6. The summed E-state index contributed by atoms with van der Waals surface area (Å²) in [6, 6.07) is 6.23. The maximum atomic E-state index is 13.1. The second kappa shape index (κ2) is 6.02. The molecule has 0 N–H and O–H groups in total. The minimum Gasteiger partial charge on any atom is -0.483 e. The molecular weight excluding hydrogens is 324 g/mol. The molecule has 0 aliphatic carbocycles. The van der Waals surface area contributed by atoms with Crippen molar-refractivity contribution in [3.63, 3.8) is 0 Å². The highest BCUT2D eigenvalue weighted by Crippen LogP contribution is 2.38. The van der Waals surface area contributed by atoms with Gasteiger partial charge in [0.2, 0.25) is 11.9 Å². The van der Waals surface area contributed by atoms with Crippen LogP contribution in [0.3, 0.4) is 0 Å². The number of carbonyl (C=O) groups is 2. The van der Waals surface area contributed by atoms with Crippen molar-refractivity contribution in [2.24, 2.45) is 5.92 Å². The second-order valence-electron chi connectivity index (χ2n) is 6.81. The van der Waals surface area contributed by atoms with Crippen molar-refractivity contribution in [2.45, 2.75) is 45.8 Å². The van der Waals surface area contributed by atoms with Crippen molar-refractivity contribution in [2.75, 3.05) is 0 Å². The maximum absolute atomic E-state index is 13.1. The Morgan fingerprint density at radius 3 is 2.60 bits per heavy atom. The van der Waals surface area contributed by atoms with Gasteiger partial charge in [0.1, 0.15) is 16.9 Å². The fourth-order valence-corrected chi connectivity index (χ4v) is 2.81. The van der Waals surface area contributed by atoms with Crippen molar-refractivity contribution in [1.29, 1.82) is 0 Å². The third kappa shape index (κ3) is 2.92. The van der Waals surface area contributed by atoms with E-state index in [1.807, 2.05) is 6.92 Å². The Bertz CT molecular complexity index is 908. The van der Waals surface area contributed by atoms with Crippen molar-refractivity contribution in [1.82, 2.24) is 0 Å². The van der Waals surface area contributed by atoms with Crippen LogP contribution in [0.1, 0.15) is 44.5 Å². The molecule has 0 spiro atoms. The van der Waals surface area contributed by atoms with Gasteiger partial charge >= 0.3 is 11.6 Å². The fraction of sp³-hybridized carbons (Fsp3) is 0.421. The first-order valence-corrected chi connectivity index (χ1v) is 8.25. The van der Waals surface area contributed by atoms with Gasteiger partial charge in [-0.25, -0.2) is 4.79 Å². The highest BCUT2D eigenvalue weighted by atomic mass is 16.6. The molecule has 0 saturated heterocycles. The Balaban J connectivity index is 2.11. The molecule has 1 aromatic carbocycles. The van der Waals surface area contributed by atoms with Gasteiger partial charge in [-0.05, 0) is 38.5 Å². The first-order valence-electron chi connectivity index (χ1n) is 8.25. The molecule has 132 valence electrons. The number of ether oxygens (including phenoxy) is 2. The van der Waals surface area contributed by atoms with Crippen LogP contribution in [0.25, 0.3) is 11.0 Å². The van der Waals surface area contributed by atoms with E-state index in [1.54, 1.807) is 39.0 Å². The first kappa shape index (κ1) is 17.2. The monoisotopic (exact) mass is 344 g/mol. The second-order valence-corrected chi connectivity index (χ2v) is 6.81. The maximum Gasteiger partial charge on any atom is 0.336 e. The van der Waals surface area contributed by atoms with E-state index in [1.165, 1.54) is 6.07 Å². The molecule has 6 heteroatoms. The molecule has 0 amide bonds. The predicted molar refractivity (Wildman–Crippen MR) is 90.9 cm³/mol. The lowest BCUT2D eigenvalue weighted by Gasteiger charge is -2.38. The van der Waals surface area contributed by atoms with Gasteiger partial charge in [0.05, 0.1) is 5.92 Å². The minimum atomic E-state index is -1.11. The molecule has 0 radical (unpaired) electrons. The summed E-state index contributed by atoms with van der Waals surface area (Å²) in [5.74, 6) is -0.895. The fourth-order valence-electron chi connectivity index (χ4n) is 2.81. The van der Waals surface area contributed by atoms with Crippen LogP contribution in [0.15, 0.2) is 33.5 Å². The van der Waals surface area contributed by atoms with Crippen LogP contribution < -0.4 is 10.4 Å². The lowest BCUT2D eigenvalue weighted by Crippen LogP contribution is -2.53. The number of Topliss-reactive ketones (excluding diaryl/α,β-unsaturated/α-hetero) is 1. The summed E-state index contributed by atoms with van der Waals surface area (Å²) in [4.78, 5) is 36.9. The summed E-state index contributed by atoms with van der Waals surface area (Å²) in [6.45, 7) is 6.99. The van der Waals surface area contributed by atoms with E-state index in [-0.39, 0.29) is 17.1 Å². The van der Waals surface area contributed by atoms with Crippen molar-refractivity contribution >= 4 is 22.7 Å². The van der Waals surface area contributed by atoms with E-state index in [4.69, 9.17) is 13.9 Å². The van der Waals surface area contributed by atoms with Gasteiger partial charge in [0.25, 0.3) is 0 Å². The molecule has 3 rings (SSSR count). The number of hydrogen-bond donors (Lipinski definition) is 0. The Morgan fingerprint density at radius 1 is 1.24 bits per heavy atom. The number of hydrogen-bond acceptors (Lipinski definition) is 6. The minimum absolute atomic E-state index is 0.136. The molecule has 2 unspecified atom stereocenters. The SMILES string of the molecule is CCC(C)C(=O)OC1C(=O)c2c(ccc3ccc(=O)oc23)OC1(C)C. The standard InChI is InChI=1S/C19H20O6/c1-5-10(2)18(22)24-17-15(21)14-12(25-19(17,3)4)8-6-11-7-9-13(20)23-16(11)14/h6-10,17H,5H2,1-4H3. The molecule has 0 fully saturated rings. The van der Waals surface area contributed by atoms with Crippen molar-refractivity contribution in [3.8, 4) is 5.75 Å². The molecule has 0 saturated carbocycles. The van der Waals surface area contributed by atoms with E-state index in [9.17, 15) is 14.4 Å². The van der Waals surface area contributed by atoms with E-state index in [0.29, 0.717) is 17.6 Å². The molecule has 25 heavy (non-hydrogen) atoms. The van der Waals surface area contributed by atoms with Crippen LogP contribution in [0, 0.1) is 5.92 Å². The van der Waals surface area contributed by atoms with Crippen LogP contribution in [0.4, 0.5) is 0 Å². The third-order valence-electron chi connectivity index (χ3n) is 4.49. The Kier molecular flexibility index (Phi) is 4.14.